The molecule has 0 saturated carbocycles. The number of carbonyl (C=O) groups excluding carboxylic acids is 1. The van der Waals surface area contributed by atoms with Crippen molar-refractivity contribution in [1.82, 2.24) is 9.38 Å². The maximum absolute atomic E-state index is 10.6. The Morgan fingerprint density at radius 2 is 2.36 bits per heavy atom. The van der Waals surface area contributed by atoms with Gasteiger partial charge in [0, 0.05) is 18.8 Å². The summed E-state index contributed by atoms with van der Waals surface area (Å²) in [7, 11) is 0. The average molecular weight is 189 g/mol. The summed E-state index contributed by atoms with van der Waals surface area (Å²) < 4.78 is 1.93. The molecule has 4 nitrogen and oxygen atoms in total. The molecule has 14 heavy (non-hydrogen) atoms. The smallest absolute Gasteiger partial charge is 0.217 e. The first kappa shape index (κ1) is 8.74. The SMILES string of the molecule is NC(=O)CCc1cn2ccccc2n1. The molecule has 0 bridgehead atoms. The molecule has 0 radical (unpaired) electrons. The van der Waals surface area contributed by atoms with Gasteiger partial charge in [-0.1, -0.05) is 6.07 Å². The van der Waals surface area contributed by atoms with E-state index in [9.17, 15) is 4.79 Å². The fourth-order valence-electron chi connectivity index (χ4n) is 1.36. The number of nitrogens with zero attached hydrogens (tertiary/aromatic N) is 2. The standard InChI is InChI=1S/C10H11N3O/c11-9(14)5-4-8-7-13-6-2-1-3-10(13)12-8/h1-3,6-7H,4-5H2,(H2,11,14). The van der Waals surface area contributed by atoms with Crippen LogP contribution in [0.1, 0.15) is 12.1 Å². The number of pyridine rings is 1. The molecule has 72 valence electrons. The van der Waals surface area contributed by atoms with Crippen molar-refractivity contribution in [3.63, 3.8) is 0 Å². The van der Waals surface area contributed by atoms with Crippen LogP contribution in [0.4, 0.5) is 0 Å². The molecule has 0 unspecified atom stereocenters. The predicted molar refractivity (Wildman–Crippen MR) is 52.7 cm³/mol. The zero-order valence-electron chi connectivity index (χ0n) is 7.68. The van der Waals surface area contributed by atoms with Crippen LogP contribution in [0.3, 0.4) is 0 Å². The Morgan fingerprint density at radius 3 is 3.07 bits per heavy atom. The van der Waals surface area contributed by atoms with Crippen molar-refractivity contribution >= 4 is 11.6 Å². The van der Waals surface area contributed by atoms with Crippen LogP contribution < -0.4 is 5.73 Å². The van der Waals surface area contributed by atoms with E-state index in [1.807, 2.05) is 35.0 Å². The van der Waals surface area contributed by atoms with Crippen LogP contribution in [0.15, 0.2) is 30.6 Å². The number of imidazole rings is 1. The molecule has 0 spiro atoms. The molecule has 0 atom stereocenters. The number of aryl methyl sites for hydroxylation is 1. The zero-order chi connectivity index (χ0) is 9.97. The number of nitrogens with two attached hydrogens (primary N) is 1. The molecular formula is C10H11N3O. The third kappa shape index (κ3) is 1.74. The normalized spacial score (nSPS) is 10.6. The van der Waals surface area contributed by atoms with Gasteiger partial charge in [0.15, 0.2) is 0 Å². The van der Waals surface area contributed by atoms with Crippen molar-refractivity contribution in [3.8, 4) is 0 Å². The van der Waals surface area contributed by atoms with E-state index in [1.165, 1.54) is 0 Å². The number of hydrogen-bond acceptors (Lipinski definition) is 2. The Kier molecular flexibility index (Phi) is 2.18. The van der Waals surface area contributed by atoms with E-state index in [4.69, 9.17) is 5.73 Å². The molecule has 0 aliphatic heterocycles. The Balaban J connectivity index is 2.22. The van der Waals surface area contributed by atoms with E-state index in [2.05, 4.69) is 4.98 Å². The summed E-state index contributed by atoms with van der Waals surface area (Å²) in [5.74, 6) is -0.290. The molecule has 2 N–H and O–H groups in total. The first-order chi connectivity index (χ1) is 6.75. The van der Waals surface area contributed by atoms with Gasteiger partial charge in [-0.15, -0.1) is 0 Å². The maximum atomic E-state index is 10.6. The molecule has 2 aromatic heterocycles. The van der Waals surface area contributed by atoms with Crippen molar-refractivity contribution in [2.24, 2.45) is 5.73 Å². The third-order valence-corrected chi connectivity index (χ3v) is 2.04. The average Bonchev–Trinajstić information content (AvgIpc) is 2.57. The highest BCUT2D eigenvalue weighted by Crippen LogP contribution is 2.05. The lowest BCUT2D eigenvalue weighted by Crippen LogP contribution is -2.11. The van der Waals surface area contributed by atoms with Gasteiger partial charge in [0.1, 0.15) is 5.65 Å². The summed E-state index contributed by atoms with van der Waals surface area (Å²) in [6, 6.07) is 5.79. The van der Waals surface area contributed by atoms with Crippen molar-refractivity contribution < 1.29 is 4.79 Å². The summed E-state index contributed by atoms with van der Waals surface area (Å²) in [6.45, 7) is 0. The minimum atomic E-state index is -0.290. The van der Waals surface area contributed by atoms with Crippen molar-refractivity contribution in [3.05, 3.63) is 36.3 Å². The van der Waals surface area contributed by atoms with Gasteiger partial charge in [0.25, 0.3) is 0 Å². The molecule has 2 heterocycles. The first-order valence-electron chi connectivity index (χ1n) is 4.46. The first-order valence-corrected chi connectivity index (χ1v) is 4.46. The number of primary amides is 1. The quantitative estimate of drug-likeness (QED) is 0.774. The fourth-order valence-corrected chi connectivity index (χ4v) is 1.36. The van der Waals surface area contributed by atoms with Crippen LogP contribution in [-0.4, -0.2) is 15.3 Å². The monoisotopic (exact) mass is 189 g/mol. The molecule has 4 heteroatoms. The van der Waals surface area contributed by atoms with Gasteiger partial charge in [0.2, 0.25) is 5.91 Å². The lowest BCUT2D eigenvalue weighted by Gasteiger charge is -1.89. The number of hydrogen-bond donors (Lipinski definition) is 1. The lowest BCUT2D eigenvalue weighted by molar-refractivity contribution is -0.118. The van der Waals surface area contributed by atoms with Crippen LogP contribution in [0.5, 0.6) is 0 Å². The third-order valence-electron chi connectivity index (χ3n) is 2.04. The fraction of sp³-hybridized carbons (Fsp3) is 0.200. The number of aromatic nitrogens is 2. The molecule has 0 fully saturated rings. The van der Waals surface area contributed by atoms with Crippen molar-refractivity contribution in [2.45, 2.75) is 12.8 Å². The summed E-state index contributed by atoms with van der Waals surface area (Å²) in [4.78, 5) is 14.9. The number of rotatable bonds is 3. The summed E-state index contributed by atoms with van der Waals surface area (Å²) in [5.41, 5.74) is 6.85. The van der Waals surface area contributed by atoms with Gasteiger partial charge < -0.3 is 10.1 Å². The summed E-state index contributed by atoms with van der Waals surface area (Å²) >= 11 is 0. The van der Waals surface area contributed by atoms with Crippen LogP contribution in [-0.2, 0) is 11.2 Å². The second-order valence-corrected chi connectivity index (χ2v) is 3.16. The highest BCUT2D eigenvalue weighted by molar-refractivity contribution is 5.73. The van der Waals surface area contributed by atoms with Crippen molar-refractivity contribution in [2.75, 3.05) is 0 Å². The Morgan fingerprint density at radius 1 is 1.50 bits per heavy atom. The number of fused-ring (bicyclic) bond motifs is 1. The second kappa shape index (κ2) is 3.49. The van der Waals surface area contributed by atoms with Crippen LogP contribution in [0.2, 0.25) is 0 Å². The number of carbonyl (C=O) groups is 1. The van der Waals surface area contributed by atoms with E-state index in [1.54, 1.807) is 0 Å². The van der Waals surface area contributed by atoms with Gasteiger partial charge in [-0.3, -0.25) is 4.79 Å². The van der Waals surface area contributed by atoms with Crippen molar-refractivity contribution in [1.29, 1.82) is 0 Å². The topological polar surface area (TPSA) is 60.4 Å². The van der Waals surface area contributed by atoms with Crippen LogP contribution >= 0.6 is 0 Å². The van der Waals surface area contributed by atoms with Gasteiger partial charge in [-0.05, 0) is 18.6 Å². The van der Waals surface area contributed by atoms with E-state index in [0.717, 1.165) is 11.3 Å². The van der Waals surface area contributed by atoms with Crippen LogP contribution in [0, 0.1) is 0 Å². The molecule has 0 aliphatic carbocycles. The minimum absolute atomic E-state index is 0.290. The largest absolute Gasteiger partial charge is 0.370 e. The second-order valence-electron chi connectivity index (χ2n) is 3.16. The van der Waals surface area contributed by atoms with E-state index in [0.29, 0.717) is 12.8 Å². The molecule has 2 rings (SSSR count). The van der Waals surface area contributed by atoms with Gasteiger partial charge in [-0.2, -0.15) is 0 Å². The summed E-state index contributed by atoms with van der Waals surface area (Å²) in [6.07, 6.45) is 4.80. The van der Waals surface area contributed by atoms with E-state index >= 15 is 0 Å². The summed E-state index contributed by atoms with van der Waals surface area (Å²) in [5, 5.41) is 0. The van der Waals surface area contributed by atoms with E-state index in [-0.39, 0.29) is 5.91 Å². The zero-order valence-corrected chi connectivity index (χ0v) is 7.68. The molecule has 2 aromatic rings. The Hall–Kier alpha value is -1.84. The highest BCUT2D eigenvalue weighted by Gasteiger charge is 2.02. The lowest BCUT2D eigenvalue weighted by atomic mass is 10.2. The van der Waals surface area contributed by atoms with E-state index < -0.39 is 0 Å². The minimum Gasteiger partial charge on any atom is -0.370 e. The van der Waals surface area contributed by atoms with Gasteiger partial charge >= 0.3 is 0 Å². The highest BCUT2D eigenvalue weighted by atomic mass is 16.1. The molecular weight excluding hydrogens is 178 g/mol. The molecule has 0 aliphatic rings. The molecule has 1 amide bonds. The van der Waals surface area contributed by atoms with Crippen LogP contribution in [0.25, 0.3) is 5.65 Å². The predicted octanol–water partition coefficient (Wildman–Crippen LogP) is 0.752. The Labute approximate surface area is 81.4 Å². The molecule has 0 saturated heterocycles. The molecule has 0 aromatic carbocycles. The Bertz CT molecular complexity index is 428. The number of amides is 1. The maximum Gasteiger partial charge on any atom is 0.217 e. The van der Waals surface area contributed by atoms with Gasteiger partial charge in [-0.25, -0.2) is 4.98 Å². The van der Waals surface area contributed by atoms with Gasteiger partial charge in [0.05, 0.1) is 5.69 Å².